The third-order valence-corrected chi connectivity index (χ3v) is 3.76. The van der Waals surface area contributed by atoms with Gasteiger partial charge in [-0.05, 0) is 24.3 Å². The monoisotopic (exact) mass is 309 g/mol. The fourth-order valence-corrected chi connectivity index (χ4v) is 2.60. The first-order valence-electron chi connectivity index (χ1n) is 7.24. The third kappa shape index (κ3) is 3.06. The van der Waals surface area contributed by atoms with Gasteiger partial charge in [-0.15, -0.1) is 0 Å². The molecule has 3 rings (SSSR count). The molecule has 1 aliphatic heterocycles. The predicted molar refractivity (Wildman–Crippen MR) is 84.6 cm³/mol. The Bertz CT molecular complexity index is 763. The Morgan fingerprint density at radius 1 is 1.13 bits per heavy atom. The Kier molecular flexibility index (Phi) is 4.06. The molecule has 23 heavy (non-hydrogen) atoms. The van der Waals surface area contributed by atoms with Crippen molar-refractivity contribution in [2.24, 2.45) is 0 Å². The maximum atomic E-state index is 11.0. The van der Waals surface area contributed by atoms with Crippen LogP contribution >= 0.6 is 0 Å². The van der Waals surface area contributed by atoms with E-state index in [0.29, 0.717) is 43.4 Å². The number of carbonyl (C=O) groups is 1. The van der Waals surface area contributed by atoms with Gasteiger partial charge < -0.3 is 14.9 Å². The molecule has 0 aromatic carbocycles. The van der Waals surface area contributed by atoms with E-state index in [1.165, 1.54) is 6.07 Å². The fourth-order valence-electron chi connectivity index (χ4n) is 2.60. The van der Waals surface area contributed by atoms with Crippen molar-refractivity contribution < 1.29 is 9.90 Å². The van der Waals surface area contributed by atoms with Crippen LogP contribution in [0.25, 0.3) is 0 Å². The normalized spacial score (nSPS) is 14.4. The molecule has 1 saturated heterocycles. The Hall–Kier alpha value is -3.14. The Morgan fingerprint density at radius 3 is 2.57 bits per heavy atom. The van der Waals surface area contributed by atoms with Crippen LogP contribution in [-0.2, 0) is 0 Å². The predicted octanol–water partition coefficient (Wildman–Crippen LogP) is 1.37. The van der Waals surface area contributed by atoms with E-state index in [0.717, 1.165) is 0 Å². The van der Waals surface area contributed by atoms with Crippen LogP contribution in [0.5, 0.6) is 0 Å². The molecule has 2 aromatic rings. The summed E-state index contributed by atoms with van der Waals surface area (Å²) in [6, 6.07) is 10.7. The fraction of sp³-hybridized carbons (Fsp3) is 0.250. The van der Waals surface area contributed by atoms with Gasteiger partial charge in [0.1, 0.15) is 17.7 Å². The van der Waals surface area contributed by atoms with Crippen molar-refractivity contribution >= 4 is 17.6 Å². The zero-order chi connectivity index (χ0) is 16.2. The van der Waals surface area contributed by atoms with Gasteiger partial charge in [0, 0.05) is 32.4 Å². The SMILES string of the molecule is N#Cc1cccnc1N1CCN(c2cccc(C(=O)O)n2)CC1. The van der Waals surface area contributed by atoms with E-state index < -0.39 is 5.97 Å². The molecule has 0 spiro atoms. The molecular weight excluding hydrogens is 294 g/mol. The van der Waals surface area contributed by atoms with E-state index in [1.54, 1.807) is 24.4 Å². The minimum atomic E-state index is -1.03. The lowest BCUT2D eigenvalue weighted by Gasteiger charge is -2.36. The zero-order valence-electron chi connectivity index (χ0n) is 12.4. The van der Waals surface area contributed by atoms with Crippen LogP contribution in [-0.4, -0.2) is 47.2 Å². The van der Waals surface area contributed by atoms with Gasteiger partial charge in [0.25, 0.3) is 0 Å². The average molecular weight is 309 g/mol. The highest BCUT2D eigenvalue weighted by Crippen LogP contribution is 2.20. The molecule has 0 saturated carbocycles. The van der Waals surface area contributed by atoms with Crippen LogP contribution in [0.1, 0.15) is 16.1 Å². The summed E-state index contributed by atoms with van der Waals surface area (Å²) in [5, 5.41) is 18.2. The first-order chi connectivity index (χ1) is 11.2. The van der Waals surface area contributed by atoms with Crippen molar-refractivity contribution in [1.29, 1.82) is 5.26 Å². The lowest BCUT2D eigenvalue weighted by molar-refractivity contribution is 0.0690. The molecule has 0 bridgehead atoms. The largest absolute Gasteiger partial charge is 0.477 e. The van der Waals surface area contributed by atoms with E-state index in [1.807, 2.05) is 11.0 Å². The number of aromatic nitrogens is 2. The number of pyridine rings is 2. The number of hydrogen-bond donors (Lipinski definition) is 1. The van der Waals surface area contributed by atoms with E-state index in [-0.39, 0.29) is 5.69 Å². The van der Waals surface area contributed by atoms with Crippen molar-refractivity contribution in [3.63, 3.8) is 0 Å². The number of carboxylic acids is 1. The van der Waals surface area contributed by atoms with Gasteiger partial charge in [-0.25, -0.2) is 14.8 Å². The number of carboxylic acid groups (broad SMARTS) is 1. The van der Waals surface area contributed by atoms with Crippen LogP contribution in [0.3, 0.4) is 0 Å². The summed E-state index contributed by atoms with van der Waals surface area (Å²) < 4.78 is 0. The number of anilines is 2. The molecule has 1 aliphatic rings. The van der Waals surface area contributed by atoms with Crippen LogP contribution in [0.2, 0.25) is 0 Å². The molecule has 0 unspecified atom stereocenters. The van der Waals surface area contributed by atoms with E-state index >= 15 is 0 Å². The van der Waals surface area contributed by atoms with Crippen molar-refractivity contribution in [3.05, 3.63) is 47.8 Å². The van der Waals surface area contributed by atoms with E-state index in [9.17, 15) is 4.79 Å². The van der Waals surface area contributed by atoms with Crippen LogP contribution < -0.4 is 9.80 Å². The van der Waals surface area contributed by atoms with Gasteiger partial charge in [0.15, 0.2) is 5.69 Å². The molecule has 1 N–H and O–H groups in total. The second kappa shape index (κ2) is 6.32. The Labute approximate surface area is 133 Å². The molecule has 0 atom stereocenters. The molecular formula is C16H15N5O2. The average Bonchev–Trinajstić information content (AvgIpc) is 2.62. The first-order valence-corrected chi connectivity index (χ1v) is 7.24. The highest BCUT2D eigenvalue weighted by molar-refractivity contribution is 5.85. The first kappa shape index (κ1) is 14.8. The highest BCUT2D eigenvalue weighted by atomic mass is 16.4. The second-order valence-corrected chi connectivity index (χ2v) is 5.15. The molecule has 2 aromatic heterocycles. The maximum absolute atomic E-state index is 11.0. The molecule has 7 nitrogen and oxygen atoms in total. The number of aromatic carboxylic acids is 1. The number of nitriles is 1. The topological polar surface area (TPSA) is 93.4 Å². The molecule has 7 heteroatoms. The van der Waals surface area contributed by atoms with Gasteiger partial charge in [0.2, 0.25) is 0 Å². The van der Waals surface area contributed by atoms with Crippen LogP contribution in [0.15, 0.2) is 36.5 Å². The molecule has 1 fully saturated rings. The Morgan fingerprint density at radius 2 is 1.87 bits per heavy atom. The molecule has 0 aliphatic carbocycles. The number of rotatable bonds is 3. The zero-order valence-corrected chi connectivity index (χ0v) is 12.4. The summed E-state index contributed by atoms with van der Waals surface area (Å²) in [6.45, 7) is 2.78. The summed E-state index contributed by atoms with van der Waals surface area (Å²) in [4.78, 5) is 23.6. The minimum Gasteiger partial charge on any atom is -0.477 e. The maximum Gasteiger partial charge on any atom is 0.354 e. The van der Waals surface area contributed by atoms with Gasteiger partial charge in [0.05, 0.1) is 5.56 Å². The van der Waals surface area contributed by atoms with E-state index in [2.05, 4.69) is 20.9 Å². The van der Waals surface area contributed by atoms with Crippen molar-refractivity contribution in [2.75, 3.05) is 36.0 Å². The van der Waals surface area contributed by atoms with Gasteiger partial charge in [-0.3, -0.25) is 0 Å². The Balaban J connectivity index is 1.73. The highest BCUT2D eigenvalue weighted by Gasteiger charge is 2.21. The van der Waals surface area contributed by atoms with Gasteiger partial charge >= 0.3 is 5.97 Å². The summed E-state index contributed by atoms with van der Waals surface area (Å²) in [5.41, 5.74) is 0.605. The van der Waals surface area contributed by atoms with Gasteiger partial charge in [-0.2, -0.15) is 5.26 Å². The van der Waals surface area contributed by atoms with E-state index in [4.69, 9.17) is 10.4 Å². The number of piperazine rings is 1. The minimum absolute atomic E-state index is 0.0430. The smallest absolute Gasteiger partial charge is 0.354 e. The quantitative estimate of drug-likeness (QED) is 0.915. The molecule has 116 valence electrons. The van der Waals surface area contributed by atoms with Crippen LogP contribution in [0, 0.1) is 11.3 Å². The molecule has 0 radical (unpaired) electrons. The van der Waals surface area contributed by atoms with Crippen LogP contribution in [0.4, 0.5) is 11.6 Å². The lowest BCUT2D eigenvalue weighted by atomic mass is 10.2. The molecule has 3 heterocycles. The number of hydrogen-bond acceptors (Lipinski definition) is 6. The summed E-state index contributed by atoms with van der Waals surface area (Å²) in [5.74, 6) is 0.325. The van der Waals surface area contributed by atoms with Crippen molar-refractivity contribution in [3.8, 4) is 6.07 Å². The second-order valence-electron chi connectivity index (χ2n) is 5.15. The number of nitrogens with zero attached hydrogens (tertiary/aromatic N) is 5. The van der Waals surface area contributed by atoms with Crippen molar-refractivity contribution in [1.82, 2.24) is 9.97 Å². The summed E-state index contributed by atoms with van der Waals surface area (Å²) in [7, 11) is 0. The third-order valence-electron chi connectivity index (χ3n) is 3.76. The lowest BCUT2D eigenvalue weighted by Crippen LogP contribution is -2.47. The standard InChI is InChI=1S/C16H15N5O2/c17-11-12-3-2-6-18-15(12)21-9-7-20(8-10-21)14-5-1-4-13(19-14)16(22)23/h1-6H,7-10H2,(H,22,23). The molecule has 0 amide bonds. The van der Waals surface area contributed by atoms with Crippen molar-refractivity contribution in [2.45, 2.75) is 0 Å². The summed E-state index contributed by atoms with van der Waals surface area (Å²) >= 11 is 0. The summed E-state index contributed by atoms with van der Waals surface area (Å²) in [6.07, 6.45) is 1.68. The van der Waals surface area contributed by atoms with Gasteiger partial charge in [-0.1, -0.05) is 6.07 Å².